The highest BCUT2D eigenvalue weighted by Gasteiger charge is 2.27. The quantitative estimate of drug-likeness (QED) is 0.828. The molecule has 0 unspecified atom stereocenters. The van der Waals surface area contributed by atoms with E-state index in [1.165, 1.54) is 16.5 Å². The third-order valence-electron chi connectivity index (χ3n) is 5.02. The third-order valence-corrected chi connectivity index (χ3v) is 5.02. The predicted molar refractivity (Wildman–Crippen MR) is 96.7 cm³/mol. The second kappa shape index (κ2) is 8.77. The molecule has 2 aromatic rings. The number of hydrogen-bond acceptors (Lipinski definition) is 1. The average Bonchev–Trinajstić information content (AvgIpc) is 2.65. The zero-order valence-corrected chi connectivity index (χ0v) is 14.5. The summed E-state index contributed by atoms with van der Waals surface area (Å²) < 4.78 is 13.8. The molecule has 4 heteroatoms. The number of rotatable bonds is 6. The van der Waals surface area contributed by atoms with Gasteiger partial charge in [-0.05, 0) is 18.1 Å². The molecule has 1 aliphatic rings. The molecule has 2 aromatic carbocycles. The van der Waals surface area contributed by atoms with E-state index in [1.54, 1.807) is 6.07 Å². The van der Waals surface area contributed by atoms with Crippen molar-refractivity contribution >= 4 is 5.91 Å². The smallest absolute Gasteiger partial charge is 0.223 e. The van der Waals surface area contributed by atoms with Crippen molar-refractivity contribution in [3.8, 4) is 0 Å². The maximum atomic E-state index is 13.8. The molecule has 1 saturated heterocycles. The number of likely N-dealkylation sites (tertiary alicyclic amines) is 1. The monoisotopic (exact) mass is 341 g/mol. The number of nitrogens with one attached hydrogen (secondary N) is 2. The summed E-state index contributed by atoms with van der Waals surface area (Å²) in [6, 6.07) is 17.2. The number of amides is 1. The van der Waals surface area contributed by atoms with Crippen molar-refractivity contribution in [2.45, 2.75) is 25.8 Å². The van der Waals surface area contributed by atoms with Crippen LogP contribution in [0.3, 0.4) is 0 Å². The molecular formula is C21H26FN2O+. The van der Waals surface area contributed by atoms with Crippen molar-refractivity contribution in [1.82, 2.24) is 5.32 Å². The SMILES string of the molecule is O=C(NCCc1ccccc1)C1CC[NH+](Cc2ccccc2F)CC1. The molecule has 0 spiro atoms. The van der Waals surface area contributed by atoms with Crippen LogP contribution in [0.2, 0.25) is 0 Å². The molecule has 0 bridgehead atoms. The van der Waals surface area contributed by atoms with E-state index in [2.05, 4.69) is 17.4 Å². The first-order valence-electron chi connectivity index (χ1n) is 9.11. The van der Waals surface area contributed by atoms with E-state index in [1.807, 2.05) is 30.3 Å². The minimum absolute atomic E-state index is 0.0974. The molecule has 3 rings (SSSR count). The highest BCUT2D eigenvalue weighted by atomic mass is 19.1. The molecule has 1 fully saturated rings. The Bertz CT molecular complexity index is 681. The topological polar surface area (TPSA) is 33.5 Å². The minimum atomic E-state index is -0.129. The van der Waals surface area contributed by atoms with Gasteiger partial charge in [-0.25, -0.2) is 4.39 Å². The van der Waals surface area contributed by atoms with Crippen molar-refractivity contribution < 1.29 is 14.1 Å². The van der Waals surface area contributed by atoms with Gasteiger partial charge < -0.3 is 10.2 Å². The van der Waals surface area contributed by atoms with Crippen LogP contribution in [0.4, 0.5) is 4.39 Å². The molecule has 0 aromatic heterocycles. The van der Waals surface area contributed by atoms with E-state index in [9.17, 15) is 9.18 Å². The fraction of sp³-hybridized carbons (Fsp3) is 0.381. The summed E-state index contributed by atoms with van der Waals surface area (Å²) in [7, 11) is 0. The first-order valence-corrected chi connectivity index (χ1v) is 9.11. The fourth-order valence-electron chi connectivity index (χ4n) is 3.50. The van der Waals surface area contributed by atoms with Crippen molar-refractivity contribution in [2.75, 3.05) is 19.6 Å². The summed E-state index contributed by atoms with van der Waals surface area (Å²) >= 11 is 0. The summed E-state index contributed by atoms with van der Waals surface area (Å²) in [6.07, 6.45) is 2.62. The van der Waals surface area contributed by atoms with Gasteiger partial charge in [0.2, 0.25) is 5.91 Å². The lowest BCUT2D eigenvalue weighted by Gasteiger charge is -2.28. The van der Waals surface area contributed by atoms with Crippen LogP contribution in [0.5, 0.6) is 0 Å². The van der Waals surface area contributed by atoms with Crippen LogP contribution in [-0.4, -0.2) is 25.5 Å². The van der Waals surface area contributed by atoms with Gasteiger partial charge in [0.1, 0.15) is 12.4 Å². The zero-order valence-electron chi connectivity index (χ0n) is 14.5. The predicted octanol–water partition coefficient (Wildman–Crippen LogP) is 1.98. The van der Waals surface area contributed by atoms with Gasteiger partial charge in [0, 0.05) is 30.9 Å². The summed E-state index contributed by atoms with van der Waals surface area (Å²) in [5, 5.41) is 3.07. The Morgan fingerprint density at radius 1 is 1.04 bits per heavy atom. The maximum absolute atomic E-state index is 13.8. The molecule has 25 heavy (non-hydrogen) atoms. The summed E-state index contributed by atoms with van der Waals surface area (Å²) in [6.45, 7) is 3.23. The summed E-state index contributed by atoms with van der Waals surface area (Å²) in [4.78, 5) is 13.7. The molecule has 0 saturated carbocycles. The van der Waals surface area contributed by atoms with Crippen LogP contribution in [-0.2, 0) is 17.8 Å². The number of halogens is 1. The van der Waals surface area contributed by atoms with E-state index in [0.29, 0.717) is 13.1 Å². The van der Waals surface area contributed by atoms with Gasteiger partial charge >= 0.3 is 0 Å². The van der Waals surface area contributed by atoms with Crippen molar-refractivity contribution in [2.24, 2.45) is 5.92 Å². The summed E-state index contributed by atoms with van der Waals surface area (Å²) in [5.41, 5.74) is 2.01. The Labute approximate surface area is 148 Å². The molecule has 0 aliphatic carbocycles. The van der Waals surface area contributed by atoms with Crippen molar-refractivity contribution in [1.29, 1.82) is 0 Å². The molecule has 1 amide bonds. The van der Waals surface area contributed by atoms with Gasteiger partial charge in [0.25, 0.3) is 0 Å². The Morgan fingerprint density at radius 3 is 2.44 bits per heavy atom. The van der Waals surface area contributed by atoms with Crippen LogP contribution >= 0.6 is 0 Å². The normalized spacial score (nSPS) is 20.2. The van der Waals surface area contributed by atoms with Crippen LogP contribution < -0.4 is 10.2 Å². The minimum Gasteiger partial charge on any atom is -0.356 e. The maximum Gasteiger partial charge on any atom is 0.223 e. The number of carbonyl (C=O) groups is 1. The second-order valence-corrected chi connectivity index (χ2v) is 6.82. The Hall–Kier alpha value is -2.20. The van der Waals surface area contributed by atoms with E-state index in [4.69, 9.17) is 0 Å². The molecule has 3 nitrogen and oxygen atoms in total. The number of hydrogen-bond donors (Lipinski definition) is 2. The van der Waals surface area contributed by atoms with Crippen LogP contribution in [0.1, 0.15) is 24.0 Å². The molecular weight excluding hydrogens is 315 g/mol. The largest absolute Gasteiger partial charge is 0.356 e. The van der Waals surface area contributed by atoms with Gasteiger partial charge in [-0.1, -0.05) is 48.5 Å². The lowest BCUT2D eigenvalue weighted by atomic mass is 9.95. The highest BCUT2D eigenvalue weighted by molar-refractivity contribution is 5.78. The highest BCUT2D eigenvalue weighted by Crippen LogP contribution is 2.11. The second-order valence-electron chi connectivity index (χ2n) is 6.82. The van der Waals surface area contributed by atoms with E-state index in [0.717, 1.165) is 37.9 Å². The Kier molecular flexibility index (Phi) is 6.18. The number of benzene rings is 2. The van der Waals surface area contributed by atoms with Crippen molar-refractivity contribution in [3.05, 3.63) is 71.5 Å². The Balaban J connectivity index is 1.39. The van der Waals surface area contributed by atoms with Gasteiger partial charge in [-0.3, -0.25) is 4.79 Å². The first-order chi connectivity index (χ1) is 12.2. The number of carbonyl (C=O) groups excluding carboxylic acids is 1. The molecule has 0 atom stereocenters. The standard InChI is InChI=1S/C21H25FN2O/c22-20-9-5-4-8-19(20)16-24-14-11-18(12-15-24)21(25)23-13-10-17-6-2-1-3-7-17/h1-9,18H,10-16H2,(H,23,25)/p+1. The summed E-state index contributed by atoms with van der Waals surface area (Å²) in [5.74, 6) is 0.136. The van der Waals surface area contributed by atoms with Gasteiger partial charge in [0.15, 0.2) is 0 Å². The van der Waals surface area contributed by atoms with Crippen LogP contribution in [0.15, 0.2) is 54.6 Å². The van der Waals surface area contributed by atoms with Gasteiger partial charge in [-0.2, -0.15) is 0 Å². The van der Waals surface area contributed by atoms with E-state index in [-0.39, 0.29) is 17.6 Å². The van der Waals surface area contributed by atoms with Crippen LogP contribution in [0, 0.1) is 11.7 Å². The van der Waals surface area contributed by atoms with E-state index >= 15 is 0 Å². The molecule has 1 aliphatic heterocycles. The zero-order chi connectivity index (χ0) is 17.5. The average molecular weight is 341 g/mol. The molecule has 1 heterocycles. The first kappa shape index (κ1) is 17.6. The van der Waals surface area contributed by atoms with Gasteiger partial charge in [0.05, 0.1) is 13.1 Å². The number of piperidine rings is 1. The molecule has 0 radical (unpaired) electrons. The molecule has 2 N–H and O–H groups in total. The molecule has 132 valence electrons. The van der Waals surface area contributed by atoms with Gasteiger partial charge in [-0.15, -0.1) is 0 Å². The number of quaternary nitrogens is 1. The Morgan fingerprint density at radius 2 is 1.72 bits per heavy atom. The lowest BCUT2D eigenvalue weighted by Crippen LogP contribution is -3.11. The fourth-order valence-corrected chi connectivity index (χ4v) is 3.50. The third kappa shape index (κ3) is 5.13. The van der Waals surface area contributed by atoms with Crippen LogP contribution in [0.25, 0.3) is 0 Å². The lowest BCUT2D eigenvalue weighted by molar-refractivity contribution is -0.919. The van der Waals surface area contributed by atoms with Crippen molar-refractivity contribution in [3.63, 3.8) is 0 Å². The van der Waals surface area contributed by atoms with E-state index < -0.39 is 0 Å².